The van der Waals surface area contributed by atoms with Crippen molar-refractivity contribution in [1.82, 2.24) is 0 Å². The van der Waals surface area contributed by atoms with Gasteiger partial charge in [-0.05, 0) is 35.4 Å². The first-order valence-corrected chi connectivity index (χ1v) is 8.85. The standard InChI is InChI=1S/C20H16BrNO4/c21-16-8-4-7-15(11-16)18(12-22(24)25)20(14-5-2-1-3-6-14)19-10-9-17(13-23)26-19/h1-11,13,18,20H,12H2/t18-,20+/m0/s1. The largest absolute Gasteiger partial charge is 0.458 e. The lowest BCUT2D eigenvalue weighted by molar-refractivity contribution is -0.483. The van der Waals surface area contributed by atoms with Crippen LogP contribution >= 0.6 is 15.9 Å². The van der Waals surface area contributed by atoms with E-state index < -0.39 is 5.92 Å². The van der Waals surface area contributed by atoms with E-state index in [-0.39, 0.29) is 23.1 Å². The highest BCUT2D eigenvalue weighted by atomic mass is 79.9. The van der Waals surface area contributed by atoms with Gasteiger partial charge in [0.05, 0.1) is 11.8 Å². The van der Waals surface area contributed by atoms with Crippen molar-refractivity contribution in [3.05, 3.63) is 104 Å². The molecule has 0 bridgehead atoms. The molecule has 0 N–H and O–H groups in total. The Balaban J connectivity index is 2.15. The van der Waals surface area contributed by atoms with Gasteiger partial charge in [-0.25, -0.2) is 0 Å². The van der Waals surface area contributed by atoms with Crippen molar-refractivity contribution >= 4 is 22.2 Å². The van der Waals surface area contributed by atoms with Gasteiger partial charge in [-0.3, -0.25) is 14.9 Å². The van der Waals surface area contributed by atoms with Gasteiger partial charge in [0.1, 0.15) is 5.76 Å². The van der Waals surface area contributed by atoms with Crippen LogP contribution in [-0.4, -0.2) is 17.8 Å². The predicted molar refractivity (Wildman–Crippen MR) is 101 cm³/mol. The Bertz CT molecular complexity index is 907. The van der Waals surface area contributed by atoms with E-state index in [1.54, 1.807) is 12.1 Å². The molecule has 3 rings (SSSR count). The van der Waals surface area contributed by atoms with Crippen molar-refractivity contribution in [3.63, 3.8) is 0 Å². The second-order valence-electron chi connectivity index (χ2n) is 5.92. The van der Waals surface area contributed by atoms with Gasteiger partial charge in [-0.1, -0.05) is 58.4 Å². The van der Waals surface area contributed by atoms with Crippen molar-refractivity contribution in [2.45, 2.75) is 11.8 Å². The lowest BCUT2D eigenvalue weighted by atomic mass is 9.80. The summed E-state index contributed by atoms with van der Waals surface area (Å²) in [5.74, 6) is -0.0969. The zero-order valence-corrected chi connectivity index (χ0v) is 15.3. The van der Waals surface area contributed by atoms with Gasteiger partial charge in [0.2, 0.25) is 6.54 Å². The number of rotatable bonds is 7. The quantitative estimate of drug-likeness (QED) is 0.308. The lowest BCUT2D eigenvalue weighted by Crippen LogP contribution is -2.21. The molecule has 2 atom stereocenters. The maximum Gasteiger partial charge on any atom is 0.211 e. The average molecular weight is 414 g/mol. The van der Waals surface area contributed by atoms with Crippen LogP contribution in [0.5, 0.6) is 0 Å². The first-order valence-electron chi connectivity index (χ1n) is 8.05. The summed E-state index contributed by atoms with van der Waals surface area (Å²) in [6.45, 7) is -0.257. The van der Waals surface area contributed by atoms with Gasteiger partial charge in [-0.15, -0.1) is 0 Å². The molecule has 5 nitrogen and oxygen atoms in total. The third kappa shape index (κ3) is 4.08. The number of nitro groups is 1. The van der Waals surface area contributed by atoms with Crippen LogP contribution in [0.25, 0.3) is 0 Å². The molecule has 0 aliphatic carbocycles. The summed E-state index contributed by atoms with van der Waals surface area (Å²) in [5.41, 5.74) is 1.72. The molecule has 0 fully saturated rings. The highest BCUT2D eigenvalue weighted by molar-refractivity contribution is 9.10. The molecular weight excluding hydrogens is 398 g/mol. The maximum atomic E-state index is 11.4. The predicted octanol–water partition coefficient (Wildman–Crippen LogP) is 5.05. The maximum absolute atomic E-state index is 11.4. The topological polar surface area (TPSA) is 73.3 Å². The smallest absolute Gasteiger partial charge is 0.211 e. The van der Waals surface area contributed by atoms with E-state index in [9.17, 15) is 14.9 Å². The fourth-order valence-corrected chi connectivity index (χ4v) is 3.57. The third-order valence-electron chi connectivity index (χ3n) is 4.25. The van der Waals surface area contributed by atoms with Crippen LogP contribution in [0.1, 0.15) is 39.3 Å². The van der Waals surface area contributed by atoms with Crippen LogP contribution in [0.15, 0.2) is 75.6 Å². The molecule has 0 saturated heterocycles. The van der Waals surface area contributed by atoms with Crippen LogP contribution in [0, 0.1) is 10.1 Å². The molecular formula is C20H16BrNO4. The van der Waals surface area contributed by atoms with Crippen molar-refractivity contribution in [3.8, 4) is 0 Å². The number of aldehydes is 1. The monoisotopic (exact) mass is 413 g/mol. The summed E-state index contributed by atoms with van der Waals surface area (Å²) in [5, 5.41) is 11.4. The minimum Gasteiger partial charge on any atom is -0.458 e. The van der Waals surface area contributed by atoms with E-state index in [0.717, 1.165) is 15.6 Å². The summed E-state index contributed by atoms with van der Waals surface area (Å²) in [6, 6.07) is 20.3. The molecule has 2 aromatic carbocycles. The Morgan fingerprint density at radius 1 is 1.04 bits per heavy atom. The molecule has 1 aromatic heterocycles. The minimum absolute atomic E-state index is 0.204. The van der Waals surface area contributed by atoms with E-state index in [1.165, 1.54) is 0 Å². The number of benzene rings is 2. The van der Waals surface area contributed by atoms with Gasteiger partial charge in [0.15, 0.2) is 12.0 Å². The van der Waals surface area contributed by atoms with Crippen LogP contribution in [0.2, 0.25) is 0 Å². The second-order valence-corrected chi connectivity index (χ2v) is 6.84. The van der Waals surface area contributed by atoms with Crippen molar-refractivity contribution < 1.29 is 14.1 Å². The van der Waals surface area contributed by atoms with E-state index >= 15 is 0 Å². The Hall–Kier alpha value is -2.73. The summed E-state index contributed by atoms with van der Waals surface area (Å²) >= 11 is 3.43. The molecule has 0 spiro atoms. The fourth-order valence-electron chi connectivity index (χ4n) is 3.16. The lowest BCUT2D eigenvalue weighted by Gasteiger charge is -2.24. The van der Waals surface area contributed by atoms with Crippen molar-refractivity contribution in [2.24, 2.45) is 0 Å². The number of carbonyl (C=O) groups is 1. The third-order valence-corrected chi connectivity index (χ3v) is 4.75. The molecule has 6 heteroatoms. The molecule has 0 radical (unpaired) electrons. The SMILES string of the molecule is O=Cc1ccc([C@H](c2ccccc2)[C@@H](C[N+](=O)[O-])c2cccc(Br)c2)o1. The van der Waals surface area contributed by atoms with Gasteiger partial charge < -0.3 is 4.42 Å². The Kier molecular flexibility index (Phi) is 5.63. The molecule has 132 valence electrons. The highest BCUT2D eigenvalue weighted by Gasteiger charge is 2.33. The molecule has 0 amide bonds. The van der Waals surface area contributed by atoms with Crippen LogP contribution in [-0.2, 0) is 0 Å². The number of furan rings is 1. The van der Waals surface area contributed by atoms with Crippen molar-refractivity contribution in [1.29, 1.82) is 0 Å². The molecule has 0 aliphatic heterocycles. The van der Waals surface area contributed by atoms with Crippen LogP contribution < -0.4 is 0 Å². The van der Waals surface area contributed by atoms with Crippen LogP contribution in [0.4, 0.5) is 0 Å². The number of halogens is 1. The summed E-state index contributed by atoms with van der Waals surface area (Å²) in [4.78, 5) is 22.1. The zero-order valence-electron chi connectivity index (χ0n) is 13.7. The van der Waals surface area contributed by atoms with E-state index in [1.807, 2.05) is 54.6 Å². The van der Waals surface area contributed by atoms with Crippen LogP contribution in [0.3, 0.4) is 0 Å². The molecule has 1 heterocycles. The first-order chi connectivity index (χ1) is 12.6. The van der Waals surface area contributed by atoms with Gasteiger partial charge in [-0.2, -0.15) is 0 Å². The average Bonchev–Trinajstić information content (AvgIpc) is 3.10. The molecule has 0 unspecified atom stereocenters. The Morgan fingerprint density at radius 2 is 1.77 bits per heavy atom. The highest BCUT2D eigenvalue weighted by Crippen LogP contribution is 2.40. The number of hydrogen-bond donors (Lipinski definition) is 0. The van der Waals surface area contributed by atoms with Gasteiger partial charge in [0, 0.05) is 9.40 Å². The summed E-state index contributed by atoms with van der Waals surface area (Å²) in [7, 11) is 0. The Labute approximate surface area is 158 Å². The number of nitrogens with zero attached hydrogens (tertiary/aromatic N) is 1. The normalized spacial score (nSPS) is 13.1. The second kappa shape index (κ2) is 8.10. The van der Waals surface area contributed by atoms with Gasteiger partial charge in [0.25, 0.3) is 0 Å². The van der Waals surface area contributed by atoms with E-state index in [4.69, 9.17) is 4.42 Å². The fraction of sp³-hybridized carbons (Fsp3) is 0.150. The summed E-state index contributed by atoms with van der Waals surface area (Å²) in [6.07, 6.45) is 0.632. The first kappa shape index (κ1) is 18.1. The molecule has 0 aliphatic rings. The van der Waals surface area contributed by atoms with Crippen molar-refractivity contribution in [2.75, 3.05) is 6.54 Å². The minimum atomic E-state index is -0.449. The Morgan fingerprint density at radius 3 is 2.38 bits per heavy atom. The number of hydrogen-bond acceptors (Lipinski definition) is 4. The van der Waals surface area contributed by atoms with E-state index in [0.29, 0.717) is 12.0 Å². The zero-order chi connectivity index (χ0) is 18.5. The molecule has 26 heavy (non-hydrogen) atoms. The molecule has 0 saturated carbocycles. The molecule has 3 aromatic rings. The summed E-state index contributed by atoms with van der Waals surface area (Å²) < 4.78 is 6.51. The van der Waals surface area contributed by atoms with E-state index in [2.05, 4.69) is 15.9 Å². The van der Waals surface area contributed by atoms with Gasteiger partial charge >= 0.3 is 0 Å². The number of carbonyl (C=O) groups excluding carboxylic acids is 1.